The molecule has 0 aliphatic carbocycles. The molecule has 1 fully saturated rings. The molecule has 0 bridgehead atoms. The van der Waals surface area contributed by atoms with Crippen molar-refractivity contribution in [3.05, 3.63) is 58.8 Å². The van der Waals surface area contributed by atoms with E-state index in [2.05, 4.69) is 0 Å². The Balaban J connectivity index is 1.59. The highest BCUT2D eigenvalue weighted by Gasteiger charge is 2.44. The van der Waals surface area contributed by atoms with Crippen LogP contribution in [-0.4, -0.2) is 44.0 Å². The third kappa shape index (κ3) is 2.86. The zero-order valence-electron chi connectivity index (χ0n) is 14.6. The lowest BCUT2D eigenvalue weighted by atomic mass is 10.3. The van der Waals surface area contributed by atoms with Crippen LogP contribution < -0.4 is 5.76 Å². The molecule has 0 radical (unpaired) electrons. The van der Waals surface area contributed by atoms with Crippen LogP contribution in [0.5, 0.6) is 0 Å². The molecule has 4 rings (SSSR count). The van der Waals surface area contributed by atoms with Gasteiger partial charge in [0.05, 0.1) is 20.6 Å². The number of aryl methyl sites for hydroxylation is 1. The maximum absolute atomic E-state index is 13.0. The highest BCUT2D eigenvalue weighted by molar-refractivity contribution is 7.92. The summed E-state index contributed by atoms with van der Waals surface area (Å²) >= 11 is 0. The molecule has 3 aromatic rings. The summed E-state index contributed by atoms with van der Waals surface area (Å²) < 4.78 is 70.9. The highest BCUT2D eigenvalue weighted by Crippen LogP contribution is 2.30. The molecular weight excluding hydrogens is 411 g/mol. The quantitative estimate of drug-likeness (QED) is 0.579. The average molecular weight is 426 g/mol. The lowest BCUT2D eigenvalue weighted by Gasteiger charge is -2.37. The lowest BCUT2D eigenvalue weighted by molar-refractivity contribution is 0.309. The number of oxazole rings is 1. The zero-order chi connectivity index (χ0) is 20.3. The van der Waals surface area contributed by atoms with Crippen molar-refractivity contribution < 1.29 is 25.6 Å². The third-order valence-corrected chi connectivity index (χ3v) is 8.73. The summed E-state index contributed by atoms with van der Waals surface area (Å²) in [4.78, 5) is 11.4. The Labute approximate surface area is 159 Å². The molecule has 0 N–H and O–H groups in total. The Morgan fingerprint density at radius 1 is 1.00 bits per heavy atom. The van der Waals surface area contributed by atoms with Gasteiger partial charge in [-0.3, -0.25) is 4.57 Å². The summed E-state index contributed by atoms with van der Waals surface area (Å²) in [6.45, 7) is -0.408. The standard InChI is InChI=1S/C17H15FN2O6S2/c1-19-15-8-13(6-7-16(15)26-17(19)21)28(24,25)20-9-14(10-20)27(22,23)12-4-2-11(18)3-5-12/h2-8,14H,9-10H2,1H3. The lowest BCUT2D eigenvalue weighted by Crippen LogP contribution is -2.56. The van der Waals surface area contributed by atoms with E-state index in [9.17, 15) is 26.0 Å². The summed E-state index contributed by atoms with van der Waals surface area (Å²) in [7, 11) is -6.24. The fourth-order valence-corrected chi connectivity index (χ4v) is 6.42. The predicted octanol–water partition coefficient (Wildman–Crippen LogP) is 1.12. The molecule has 8 nitrogen and oxygen atoms in total. The van der Waals surface area contributed by atoms with Gasteiger partial charge in [-0.2, -0.15) is 4.31 Å². The van der Waals surface area contributed by atoms with Gasteiger partial charge in [-0.25, -0.2) is 26.0 Å². The Hall–Kier alpha value is -2.50. The van der Waals surface area contributed by atoms with Crippen molar-refractivity contribution in [2.45, 2.75) is 15.0 Å². The van der Waals surface area contributed by atoms with Crippen LogP contribution in [0.15, 0.2) is 61.5 Å². The number of rotatable bonds is 4. The van der Waals surface area contributed by atoms with Gasteiger partial charge in [0.1, 0.15) is 5.82 Å². The molecule has 28 heavy (non-hydrogen) atoms. The van der Waals surface area contributed by atoms with Gasteiger partial charge in [0.15, 0.2) is 15.4 Å². The maximum atomic E-state index is 13.0. The molecule has 1 aliphatic rings. The zero-order valence-corrected chi connectivity index (χ0v) is 16.2. The number of hydrogen-bond acceptors (Lipinski definition) is 6. The number of sulfonamides is 1. The Bertz CT molecular complexity index is 1330. The first-order valence-electron chi connectivity index (χ1n) is 8.20. The molecule has 1 saturated heterocycles. The van der Waals surface area contributed by atoms with Crippen LogP contribution in [0.25, 0.3) is 11.1 Å². The molecular formula is C17H15FN2O6S2. The second-order valence-corrected chi connectivity index (χ2v) is 10.7. The van der Waals surface area contributed by atoms with Crippen molar-refractivity contribution in [2.75, 3.05) is 13.1 Å². The van der Waals surface area contributed by atoms with Crippen LogP contribution in [0.1, 0.15) is 0 Å². The van der Waals surface area contributed by atoms with Crippen LogP contribution in [0, 0.1) is 5.82 Å². The number of fused-ring (bicyclic) bond motifs is 1. The number of benzene rings is 2. The molecule has 0 atom stereocenters. The van der Waals surface area contributed by atoms with Gasteiger partial charge < -0.3 is 4.42 Å². The highest BCUT2D eigenvalue weighted by atomic mass is 32.2. The van der Waals surface area contributed by atoms with Gasteiger partial charge >= 0.3 is 5.76 Å². The van der Waals surface area contributed by atoms with E-state index in [-0.39, 0.29) is 28.5 Å². The number of hydrogen-bond donors (Lipinski definition) is 0. The van der Waals surface area contributed by atoms with Gasteiger partial charge in [-0.1, -0.05) is 0 Å². The molecule has 148 valence electrons. The average Bonchev–Trinajstić information content (AvgIpc) is 2.87. The van der Waals surface area contributed by atoms with Gasteiger partial charge in [0.25, 0.3) is 0 Å². The summed E-state index contributed by atoms with van der Waals surface area (Å²) in [5.74, 6) is -1.17. The molecule has 11 heteroatoms. The van der Waals surface area contributed by atoms with Crippen molar-refractivity contribution in [1.82, 2.24) is 8.87 Å². The number of halogens is 1. The van der Waals surface area contributed by atoms with Crippen molar-refractivity contribution in [3.8, 4) is 0 Å². The van der Waals surface area contributed by atoms with E-state index in [1.165, 1.54) is 29.8 Å². The summed E-state index contributed by atoms with van der Waals surface area (Å²) in [5, 5.41) is -0.908. The Morgan fingerprint density at radius 3 is 2.25 bits per heavy atom. The predicted molar refractivity (Wildman–Crippen MR) is 97.6 cm³/mol. The summed E-state index contributed by atoms with van der Waals surface area (Å²) in [6.07, 6.45) is 0. The van der Waals surface area contributed by atoms with Crippen molar-refractivity contribution in [1.29, 1.82) is 0 Å². The molecule has 2 aromatic carbocycles. The molecule has 0 spiro atoms. The van der Waals surface area contributed by atoms with E-state index >= 15 is 0 Å². The van der Waals surface area contributed by atoms with Crippen LogP contribution in [0.4, 0.5) is 4.39 Å². The molecule has 1 aliphatic heterocycles. The smallest absolute Gasteiger partial charge is 0.408 e. The number of aromatic nitrogens is 1. The normalized spacial score (nSPS) is 16.4. The summed E-state index contributed by atoms with van der Waals surface area (Å²) in [6, 6.07) is 8.43. The Kier molecular flexibility index (Phi) is 4.21. The third-order valence-electron chi connectivity index (χ3n) is 4.80. The first kappa shape index (κ1) is 18.8. The maximum Gasteiger partial charge on any atom is 0.419 e. The van der Waals surface area contributed by atoms with Gasteiger partial charge in [-0.15, -0.1) is 0 Å². The first-order valence-corrected chi connectivity index (χ1v) is 11.2. The van der Waals surface area contributed by atoms with Crippen molar-refractivity contribution >= 4 is 31.0 Å². The van der Waals surface area contributed by atoms with Crippen molar-refractivity contribution in [2.24, 2.45) is 7.05 Å². The van der Waals surface area contributed by atoms with E-state index in [0.29, 0.717) is 5.52 Å². The monoisotopic (exact) mass is 426 g/mol. The van der Waals surface area contributed by atoms with E-state index in [0.717, 1.165) is 28.6 Å². The van der Waals surface area contributed by atoms with E-state index in [1.807, 2.05) is 0 Å². The number of sulfone groups is 1. The fourth-order valence-electron chi connectivity index (χ4n) is 3.03. The minimum absolute atomic E-state index is 0.0502. The number of nitrogens with zero attached hydrogens (tertiary/aromatic N) is 2. The van der Waals surface area contributed by atoms with Crippen LogP contribution >= 0.6 is 0 Å². The minimum Gasteiger partial charge on any atom is -0.408 e. The van der Waals surface area contributed by atoms with E-state index < -0.39 is 36.7 Å². The molecule has 2 heterocycles. The fraction of sp³-hybridized carbons (Fsp3) is 0.235. The molecule has 0 unspecified atom stereocenters. The van der Waals surface area contributed by atoms with Gasteiger partial charge in [0.2, 0.25) is 10.0 Å². The first-order chi connectivity index (χ1) is 13.1. The van der Waals surface area contributed by atoms with Crippen molar-refractivity contribution in [3.63, 3.8) is 0 Å². The van der Waals surface area contributed by atoms with Crippen LogP contribution in [0.2, 0.25) is 0 Å². The molecule has 0 saturated carbocycles. The second kappa shape index (κ2) is 6.26. The minimum atomic E-state index is -3.93. The van der Waals surface area contributed by atoms with Crippen LogP contribution in [0.3, 0.4) is 0 Å². The molecule has 0 amide bonds. The van der Waals surface area contributed by atoms with Crippen LogP contribution in [-0.2, 0) is 26.9 Å². The topological polar surface area (TPSA) is 107 Å². The van der Waals surface area contributed by atoms with E-state index in [4.69, 9.17) is 4.42 Å². The largest absolute Gasteiger partial charge is 0.419 e. The molecule has 1 aromatic heterocycles. The Morgan fingerprint density at radius 2 is 1.61 bits per heavy atom. The SMILES string of the molecule is Cn1c(=O)oc2ccc(S(=O)(=O)N3CC(S(=O)(=O)c4ccc(F)cc4)C3)cc21. The summed E-state index contributed by atoms with van der Waals surface area (Å²) in [5.41, 5.74) is 0.578. The second-order valence-electron chi connectivity index (χ2n) is 6.50. The van der Waals surface area contributed by atoms with Gasteiger partial charge in [0, 0.05) is 20.1 Å². The van der Waals surface area contributed by atoms with Gasteiger partial charge in [-0.05, 0) is 42.5 Å². The van der Waals surface area contributed by atoms with E-state index in [1.54, 1.807) is 0 Å².